The lowest BCUT2D eigenvalue weighted by Gasteiger charge is -2.44. The molecule has 38 heavy (non-hydrogen) atoms. The molecule has 1 unspecified atom stereocenters. The van der Waals surface area contributed by atoms with E-state index < -0.39 is 5.60 Å². The summed E-state index contributed by atoms with van der Waals surface area (Å²) in [5.74, 6) is 1.55. The van der Waals surface area contributed by atoms with Crippen molar-refractivity contribution in [1.82, 2.24) is 0 Å². The van der Waals surface area contributed by atoms with E-state index in [1.54, 1.807) is 19.4 Å². The molecule has 0 aromatic carbocycles. The van der Waals surface area contributed by atoms with Gasteiger partial charge in [0.05, 0.1) is 5.60 Å². The number of carbonyl (C=O) groups is 2. The largest absolute Gasteiger partial charge is 0.463 e. The summed E-state index contributed by atoms with van der Waals surface area (Å²) in [6.45, 7) is 14.7. The van der Waals surface area contributed by atoms with E-state index in [2.05, 4.69) is 32.6 Å². The van der Waals surface area contributed by atoms with Gasteiger partial charge in [0, 0.05) is 19.3 Å². The van der Waals surface area contributed by atoms with E-state index >= 15 is 0 Å². The standard InChI is InChI=1S/C33H52O5/c1-7-30(34)37-22-32(5,36)19-9-11-24(4)28-17-18-29-25(12-10-20-33(28,29)6)14-15-26-21-27(16-13-23(26)3)38-31(35)8-2/h14-15,24,27-29,36H,3,7-13,16-22H2,1-2,4-6H3/b25-14+,26-15-/t24-,27+,28-,29+,32?,33-/m1/s1. The van der Waals surface area contributed by atoms with Crippen molar-refractivity contribution in [1.29, 1.82) is 0 Å². The van der Waals surface area contributed by atoms with Gasteiger partial charge in [-0.3, -0.25) is 9.59 Å². The Labute approximate surface area is 231 Å². The highest BCUT2D eigenvalue weighted by atomic mass is 16.5. The van der Waals surface area contributed by atoms with Crippen LogP contribution in [0, 0.1) is 23.2 Å². The Balaban J connectivity index is 1.60. The van der Waals surface area contributed by atoms with Crippen molar-refractivity contribution in [2.75, 3.05) is 6.61 Å². The summed E-state index contributed by atoms with van der Waals surface area (Å²) in [7, 11) is 0. The van der Waals surface area contributed by atoms with E-state index in [-0.39, 0.29) is 24.6 Å². The Bertz CT molecular complexity index is 912. The molecule has 0 heterocycles. The van der Waals surface area contributed by atoms with Crippen LogP contribution in [0.25, 0.3) is 0 Å². The number of esters is 2. The van der Waals surface area contributed by atoms with Gasteiger partial charge in [-0.15, -0.1) is 0 Å². The maximum atomic E-state index is 11.8. The normalized spacial score (nSPS) is 32.1. The maximum Gasteiger partial charge on any atom is 0.305 e. The quantitative estimate of drug-likeness (QED) is 0.279. The SMILES string of the molecule is C=C1CC[C@H](OC(=O)CC)C/C1=C/C=C1\CCC[C@]2(C)[C@@H]([C@H](C)CCCC(C)(O)COC(=O)CC)CC[C@@H]12. The lowest BCUT2D eigenvalue weighted by molar-refractivity contribution is -0.151. The summed E-state index contributed by atoms with van der Waals surface area (Å²) >= 11 is 0. The number of rotatable bonds is 11. The highest BCUT2D eigenvalue weighted by Gasteiger charge is 2.50. The van der Waals surface area contributed by atoms with Crippen LogP contribution in [0.4, 0.5) is 0 Å². The third-order valence-corrected chi connectivity index (χ3v) is 9.69. The zero-order valence-electron chi connectivity index (χ0n) is 24.7. The van der Waals surface area contributed by atoms with Gasteiger partial charge in [-0.1, -0.05) is 70.4 Å². The molecular weight excluding hydrogens is 476 g/mol. The molecule has 0 spiro atoms. The molecule has 0 aromatic heterocycles. The molecule has 0 aromatic rings. The molecule has 1 N–H and O–H groups in total. The maximum absolute atomic E-state index is 11.8. The number of carbonyl (C=O) groups excluding carboxylic acids is 2. The van der Waals surface area contributed by atoms with Gasteiger partial charge in [-0.25, -0.2) is 0 Å². The fourth-order valence-electron chi connectivity index (χ4n) is 7.38. The van der Waals surface area contributed by atoms with Crippen molar-refractivity contribution in [2.24, 2.45) is 23.2 Å². The van der Waals surface area contributed by atoms with Crippen LogP contribution in [-0.4, -0.2) is 35.4 Å². The summed E-state index contributed by atoms with van der Waals surface area (Å²) in [6.07, 6.45) is 16.8. The first-order valence-corrected chi connectivity index (χ1v) is 15.1. The summed E-state index contributed by atoms with van der Waals surface area (Å²) in [5, 5.41) is 10.6. The van der Waals surface area contributed by atoms with Crippen molar-refractivity contribution in [2.45, 2.75) is 130 Å². The Morgan fingerprint density at radius 3 is 2.61 bits per heavy atom. The zero-order valence-corrected chi connectivity index (χ0v) is 24.7. The van der Waals surface area contributed by atoms with Crippen LogP contribution in [0.1, 0.15) is 118 Å². The second-order valence-corrected chi connectivity index (χ2v) is 12.7. The molecule has 5 heteroatoms. The average Bonchev–Trinajstić information content (AvgIpc) is 3.24. The summed E-state index contributed by atoms with van der Waals surface area (Å²) in [5.41, 5.74) is 3.37. The Kier molecular flexibility index (Phi) is 10.9. The second-order valence-electron chi connectivity index (χ2n) is 12.7. The number of ether oxygens (including phenoxy) is 2. The average molecular weight is 529 g/mol. The van der Waals surface area contributed by atoms with E-state index in [0.29, 0.717) is 42.4 Å². The van der Waals surface area contributed by atoms with E-state index in [9.17, 15) is 14.7 Å². The molecular formula is C33H52O5. The molecule has 3 rings (SSSR count). The molecule has 0 saturated heterocycles. The van der Waals surface area contributed by atoms with Gasteiger partial charge in [0.25, 0.3) is 0 Å². The van der Waals surface area contributed by atoms with Gasteiger partial charge < -0.3 is 14.6 Å². The third kappa shape index (κ3) is 7.83. The zero-order chi connectivity index (χ0) is 27.9. The number of aliphatic hydroxyl groups is 1. The minimum Gasteiger partial charge on any atom is -0.463 e. The number of hydrogen-bond donors (Lipinski definition) is 1. The summed E-state index contributed by atoms with van der Waals surface area (Å²) in [6, 6.07) is 0. The van der Waals surface area contributed by atoms with Crippen LogP contribution in [0.15, 0.2) is 35.5 Å². The number of fused-ring (bicyclic) bond motifs is 1. The Hall–Kier alpha value is -1.88. The number of allylic oxidation sites excluding steroid dienone is 4. The van der Waals surface area contributed by atoms with Gasteiger partial charge in [0.2, 0.25) is 0 Å². The van der Waals surface area contributed by atoms with Crippen LogP contribution in [0.3, 0.4) is 0 Å². The van der Waals surface area contributed by atoms with E-state index in [0.717, 1.165) is 32.1 Å². The highest BCUT2D eigenvalue weighted by Crippen LogP contribution is 2.60. The molecule has 0 radical (unpaired) electrons. The lowest BCUT2D eigenvalue weighted by atomic mass is 9.60. The van der Waals surface area contributed by atoms with E-state index in [1.807, 2.05) is 6.92 Å². The molecule has 3 saturated carbocycles. The first kappa shape index (κ1) is 30.7. The monoisotopic (exact) mass is 528 g/mol. The second kappa shape index (κ2) is 13.5. The van der Waals surface area contributed by atoms with Gasteiger partial charge in [0.15, 0.2) is 0 Å². The van der Waals surface area contributed by atoms with Crippen molar-refractivity contribution in [3.05, 3.63) is 35.5 Å². The molecule has 3 aliphatic carbocycles. The Morgan fingerprint density at radius 2 is 1.89 bits per heavy atom. The van der Waals surface area contributed by atoms with E-state index in [4.69, 9.17) is 9.47 Å². The molecule has 0 aliphatic heterocycles. The van der Waals surface area contributed by atoms with Gasteiger partial charge in [0.1, 0.15) is 12.7 Å². The van der Waals surface area contributed by atoms with Crippen molar-refractivity contribution in [3.8, 4) is 0 Å². The van der Waals surface area contributed by atoms with Gasteiger partial charge in [-0.05, 0) is 87.0 Å². The lowest BCUT2D eigenvalue weighted by Crippen LogP contribution is -2.36. The van der Waals surface area contributed by atoms with Crippen LogP contribution in [0.5, 0.6) is 0 Å². The van der Waals surface area contributed by atoms with Crippen LogP contribution < -0.4 is 0 Å². The van der Waals surface area contributed by atoms with Gasteiger partial charge >= 0.3 is 11.9 Å². The minimum absolute atomic E-state index is 0.0228. The number of hydrogen-bond acceptors (Lipinski definition) is 5. The first-order valence-electron chi connectivity index (χ1n) is 15.1. The van der Waals surface area contributed by atoms with Crippen molar-refractivity contribution >= 4 is 11.9 Å². The van der Waals surface area contributed by atoms with E-state index in [1.165, 1.54) is 43.3 Å². The first-order chi connectivity index (χ1) is 18.0. The summed E-state index contributed by atoms with van der Waals surface area (Å²) in [4.78, 5) is 23.3. The third-order valence-electron chi connectivity index (χ3n) is 9.69. The molecule has 0 bridgehead atoms. The predicted molar refractivity (Wildman–Crippen MR) is 152 cm³/mol. The smallest absolute Gasteiger partial charge is 0.305 e. The molecule has 5 nitrogen and oxygen atoms in total. The van der Waals surface area contributed by atoms with Gasteiger partial charge in [-0.2, -0.15) is 0 Å². The summed E-state index contributed by atoms with van der Waals surface area (Å²) < 4.78 is 10.8. The highest BCUT2D eigenvalue weighted by molar-refractivity contribution is 5.69. The Morgan fingerprint density at radius 1 is 1.16 bits per heavy atom. The predicted octanol–water partition coefficient (Wildman–Crippen LogP) is 7.63. The van der Waals surface area contributed by atoms with Crippen molar-refractivity contribution in [3.63, 3.8) is 0 Å². The van der Waals surface area contributed by atoms with Crippen LogP contribution >= 0.6 is 0 Å². The molecule has 0 amide bonds. The van der Waals surface area contributed by atoms with Crippen LogP contribution in [-0.2, 0) is 19.1 Å². The topological polar surface area (TPSA) is 72.8 Å². The molecule has 3 fully saturated rings. The van der Waals surface area contributed by atoms with Crippen LogP contribution in [0.2, 0.25) is 0 Å². The fourth-order valence-corrected chi connectivity index (χ4v) is 7.38. The fraction of sp³-hybridized carbons (Fsp3) is 0.758. The molecule has 214 valence electrons. The minimum atomic E-state index is -0.960. The molecule has 3 aliphatic rings. The van der Waals surface area contributed by atoms with Crippen molar-refractivity contribution < 1.29 is 24.2 Å². The molecule has 6 atom stereocenters.